The number of ether oxygens (including phenoxy) is 1. The van der Waals surface area contributed by atoms with Gasteiger partial charge in [-0.2, -0.15) is 0 Å². The van der Waals surface area contributed by atoms with Crippen molar-refractivity contribution >= 4 is 0 Å². The fraction of sp³-hybridized carbons (Fsp3) is 0.600. The quantitative estimate of drug-likeness (QED) is 0.890. The van der Waals surface area contributed by atoms with Gasteiger partial charge in [-0.3, -0.25) is 0 Å². The SMILES string of the molecule is CCOC(C(N)c1ccc(F)cc1C)C(C)(C)C. The Bertz CT molecular complexity index is 398. The molecule has 1 rings (SSSR count). The summed E-state index contributed by atoms with van der Waals surface area (Å²) in [6.45, 7) is 10.8. The molecule has 3 heteroatoms. The van der Waals surface area contributed by atoms with Crippen LogP contribution in [-0.2, 0) is 4.74 Å². The average molecular weight is 253 g/mol. The summed E-state index contributed by atoms with van der Waals surface area (Å²) < 4.78 is 18.9. The van der Waals surface area contributed by atoms with E-state index in [1.54, 1.807) is 6.07 Å². The molecular formula is C15H24FNO. The van der Waals surface area contributed by atoms with Crippen molar-refractivity contribution in [3.8, 4) is 0 Å². The Morgan fingerprint density at radius 2 is 1.94 bits per heavy atom. The van der Waals surface area contributed by atoms with Gasteiger partial charge in [-0.1, -0.05) is 26.8 Å². The molecule has 0 bridgehead atoms. The second-order valence-electron chi connectivity index (χ2n) is 5.77. The van der Waals surface area contributed by atoms with Crippen LogP contribution in [0.25, 0.3) is 0 Å². The van der Waals surface area contributed by atoms with E-state index < -0.39 is 0 Å². The van der Waals surface area contributed by atoms with Crippen LogP contribution in [0.15, 0.2) is 18.2 Å². The highest BCUT2D eigenvalue weighted by Gasteiger charge is 2.32. The minimum Gasteiger partial charge on any atom is -0.376 e. The maximum absolute atomic E-state index is 13.1. The summed E-state index contributed by atoms with van der Waals surface area (Å²) in [5.41, 5.74) is 8.08. The highest BCUT2D eigenvalue weighted by atomic mass is 19.1. The molecule has 0 saturated heterocycles. The molecule has 0 amide bonds. The lowest BCUT2D eigenvalue weighted by Crippen LogP contribution is -2.39. The van der Waals surface area contributed by atoms with Crippen LogP contribution in [0.1, 0.15) is 44.9 Å². The Morgan fingerprint density at radius 1 is 1.33 bits per heavy atom. The maximum atomic E-state index is 13.1. The van der Waals surface area contributed by atoms with Crippen molar-refractivity contribution in [3.63, 3.8) is 0 Å². The molecule has 0 heterocycles. The van der Waals surface area contributed by atoms with Crippen LogP contribution < -0.4 is 5.73 Å². The van der Waals surface area contributed by atoms with E-state index in [2.05, 4.69) is 20.8 Å². The molecule has 0 aliphatic carbocycles. The highest BCUT2D eigenvalue weighted by Crippen LogP contribution is 2.32. The molecule has 0 aromatic heterocycles. The molecule has 0 fully saturated rings. The first-order valence-electron chi connectivity index (χ1n) is 6.40. The topological polar surface area (TPSA) is 35.2 Å². The van der Waals surface area contributed by atoms with E-state index in [-0.39, 0.29) is 23.4 Å². The Morgan fingerprint density at radius 3 is 2.39 bits per heavy atom. The van der Waals surface area contributed by atoms with Crippen LogP contribution in [0.3, 0.4) is 0 Å². The number of hydrogen-bond donors (Lipinski definition) is 1. The van der Waals surface area contributed by atoms with Crippen molar-refractivity contribution in [1.82, 2.24) is 0 Å². The summed E-state index contributed by atoms with van der Waals surface area (Å²) in [6, 6.07) is 4.48. The zero-order valence-electron chi connectivity index (χ0n) is 12.0. The fourth-order valence-electron chi connectivity index (χ4n) is 2.25. The molecule has 2 unspecified atom stereocenters. The van der Waals surface area contributed by atoms with E-state index >= 15 is 0 Å². The van der Waals surface area contributed by atoms with Gasteiger partial charge in [0.25, 0.3) is 0 Å². The molecule has 0 spiro atoms. The molecule has 2 atom stereocenters. The van der Waals surface area contributed by atoms with Gasteiger partial charge in [-0.05, 0) is 42.5 Å². The van der Waals surface area contributed by atoms with Crippen LogP contribution >= 0.6 is 0 Å². The zero-order valence-corrected chi connectivity index (χ0v) is 12.0. The first kappa shape index (κ1) is 15.1. The van der Waals surface area contributed by atoms with E-state index in [4.69, 9.17) is 10.5 Å². The van der Waals surface area contributed by atoms with E-state index in [1.165, 1.54) is 12.1 Å². The second kappa shape index (κ2) is 5.81. The van der Waals surface area contributed by atoms with Crippen LogP contribution in [0.4, 0.5) is 4.39 Å². The molecule has 1 aromatic carbocycles. The van der Waals surface area contributed by atoms with Crippen molar-refractivity contribution < 1.29 is 9.13 Å². The smallest absolute Gasteiger partial charge is 0.123 e. The third-order valence-electron chi connectivity index (χ3n) is 3.12. The van der Waals surface area contributed by atoms with E-state index in [0.717, 1.165) is 11.1 Å². The van der Waals surface area contributed by atoms with E-state index in [1.807, 2.05) is 13.8 Å². The Hall–Kier alpha value is -0.930. The molecule has 2 N–H and O–H groups in total. The van der Waals surface area contributed by atoms with Gasteiger partial charge in [0, 0.05) is 6.61 Å². The summed E-state index contributed by atoms with van der Waals surface area (Å²) >= 11 is 0. The molecule has 0 radical (unpaired) electrons. The maximum Gasteiger partial charge on any atom is 0.123 e. The molecule has 18 heavy (non-hydrogen) atoms. The highest BCUT2D eigenvalue weighted by molar-refractivity contribution is 5.30. The minimum atomic E-state index is -0.245. The lowest BCUT2D eigenvalue weighted by atomic mass is 9.81. The average Bonchev–Trinajstić information content (AvgIpc) is 2.23. The number of halogens is 1. The largest absolute Gasteiger partial charge is 0.376 e. The van der Waals surface area contributed by atoms with Gasteiger partial charge in [-0.15, -0.1) is 0 Å². The standard InChI is InChI=1S/C15H24FNO/c1-6-18-14(15(3,4)5)13(17)12-8-7-11(16)9-10(12)2/h7-9,13-14H,6,17H2,1-5H3. The van der Waals surface area contributed by atoms with Crippen molar-refractivity contribution in [1.29, 1.82) is 0 Å². The first-order chi connectivity index (χ1) is 8.27. The van der Waals surface area contributed by atoms with E-state index in [9.17, 15) is 4.39 Å². The summed E-state index contributed by atoms with van der Waals surface area (Å²) in [6.07, 6.45) is -0.0911. The lowest BCUT2D eigenvalue weighted by Gasteiger charge is -2.35. The van der Waals surface area contributed by atoms with Crippen molar-refractivity contribution in [2.24, 2.45) is 11.1 Å². The summed E-state index contributed by atoms with van der Waals surface area (Å²) in [4.78, 5) is 0. The molecule has 102 valence electrons. The van der Waals surface area contributed by atoms with Crippen LogP contribution in [0.5, 0.6) is 0 Å². The second-order valence-corrected chi connectivity index (χ2v) is 5.77. The van der Waals surface area contributed by atoms with Crippen molar-refractivity contribution in [3.05, 3.63) is 35.1 Å². The Labute approximate surface area is 109 Å². The number of benzene rings is 1. The lowest BCUT2D eigenvalue weighted by molar-refractivity contribution is -0.0284. The predicted molar refractivity (Wildman–Crippen MR) is 72.9 cm³/mol. The number of nitrogens with two attached hydrogens (primary N) is 1. The normalized spacial score (nSPS) is 15.5. The molecule has 1 aromatic rings. The monoisotopic (exact) mass is 253 g/mol. The van der Waals surface area contributed by atoms with Gasteiger partial charge in [0.2, 0.25) is 0 Å². The fourth-order valence-corrected chi connectivity index (χ4v) is 2.25. The zero-order chi connectivity index (χ0) is 13.9. The first-order valence-corrected chi connectivity index (χ1v) is 6.40. The third kappa shape index (κ3) is 3.53. The molecular weight excluding hydrogens is 229 g/mol. The Kier molecular flexibility index (Phi) is 4.88. The summed E-state index contributed by atoms with van der Waals surface area (Å²) in [5, 5.41) is 0. The third-order valence-corrected chi connectivity index (χ3v) is 3.12. The van der Waals surface area contributed by atoms with Gasteiger partial charge >= 0.3 is 0 Å². The van der Waals surface area contributed by atoms with Gasteiger partial charge in [0.15, 0.2) is 0 Å². The van der Waals surface area contributed by atoms with Gasteiger partial charge in [0.1, 0.15) is 5.82 Å². The van der Waals surface area contributed by atoms with Crippen molar-refractivity contribution in [2.75, 3.05) is 6.61 Å². The van der Waals surface area contributed by atoms with Crippen LogP contribution in [0.2, 0.25) is 0 Å². The van der Waals surface area contributed by atoms with E-state index in [0.29, 0.717) is 6.61 Å². The molecule has 0 saturated carbocycles. The number of aryl methyl sites for hydroxylation is 1. The number of hydrogen-bond acceptors (Lipinski definition) is 2. The van der Waals surface area contributed by atoms with Crippen LogP contribution in [0, 0.1) is 18.2 Å². The van der Waals surface area contributed by atoms with Gasteiger partial charge in [-0.25, -0.2) is 4.39 Å². The van der Waals surface area contributed by atoms with Crippen molar-refractivity contribution in [2.45, 2.75) is 46.8 Å². The van der Waals surface area contributed by atoms with Crippen LogP contribution in [-0.4, -0.2) is 12.7 Å². The molecule has 0 aliphatic heterocycles. The number of rotatable bonds is 4. The summed E-state index contributed by atoms with van der Waals surface area (Å²) in [7, 11) is 0. The molecule has 0 aliphatic rings. The van der Waals surface area contributed by atoms with Gasteiger partial charge < -0.3 is 10.5 Å². The van der Waals surface area contributed by atoms with Gasteiger partial charge in [0.05, 0.1) is 12.1 Å². The minimum absolute atomic E-state index is 0.0593. The Balaban J connectivity index is 3.05. The summed E-state index contributed by atoms with van der Waals surface area (Å²) in [5.74, 6) is -0.229. The predicted octanol–water partition coefficient (Wildman–Crippen LogP) is 3.59. The molecule has 2 nitrogen and oxygen atoms in total.